The molecule has 1 unspecified atom stereocenters. The van der Waals surface area contributed by atoms with E-state index in [9.17, 15) is 9.18 Å². The predicted octanol–water partition coefficient (Wildman–Crippen LogP) is 3.86. The van der Waals surface area contributed by atoms with Gasteiger partial charge in [-0.15, -0.1) is 11.6 Å². The van der Waals surface area contributed by atoms with Crippen molar-refractivity contribution < 1.29 is 9.18 Å². The molecule has 1 amide bonds. The Kier molecular flexibility index (Phi) is 6.44. The SMILES string of the molecule is CC(CCl)CCCNC(=O)c1ccc(F)cc1Cl. The minimum Gasteiger partial charge on any atom is -0.352 e. The van der Waals surface area contributed by atoms with Crippen molar-refractivity contribution in [3.63, 3.8) is 0 Å². The maximum atomic E-state index is 12.8. The molecule has 0 aliphatic heterocycles. The van der Waals surface area contributed by atoms with Gasteiger partial charge in [0.15, 0.2) is 0 Å². The van der Waals surface area contributed by atoms with Crippen LogP contribution in [0.15, 0.2) is 18.2 Å². The molecule has 0 heterocycles. The molecule has 0 aromatic heterocycles. The molecule has 2 nitrogen and oxygen atoms in total. The second-order valence-electron chi connectivity index (χ2n) is 4.28. The Morgan fingerprint density at radius 1 is 1.50 bits per heavy atom. The molecule has 1 N–H and O–H groups in total. The summed E-state index contributed by atoms with van der Waals surface area (Å²) in [6.07, 6.45) is 1.82. The molecule has 18 heavy (non-hydrogen) atoms. The average molecular weight is 292 g/mol. The van der Waals surface area contributed by atoms with Crippen LogP contribution < -0.4 is 5.32 Å². The van der Waals surface area contributed by atoms with E-state index in [1.807, 2.05) is 0 Å². The summed E-state index contributed by atoms with van der Waals surface area (Å²) in [5.41, 5.74) is 0.295. The van der Waals surface area contributed by atoms with E-state index in [0.29, 0.717) is 23.9 Å². The third-order valence-electron chi connectivity index (χ3n) is 2.60. The summed E-state index contributed by atoms with van der Waals surface area (Å²) in [5.74, 6) is 0.335. The van der Waals surface area contributed by atoms with E-state index in [2.05, 4.69) is 12.2 Å². The normalized spacial score (nSPS) is 12.2. The van der Waals surface area contributed by atoms with Crippen molar-refractivity contribution in [2.24, 2.45) is 5.92 Å². The second-order valence-corrected chi connectivity index (χ2v) is 5.00. The highest BCUT2D eigenvalue weighted by atomic mass is 35.5. The Morgan fingerprint density at radius 3 is 2.83 bits per heavy atom. The molecule has 0 aliphatic carbocycles. The van der Waals surface area contributed by atoms with E-state index < -0.39 is 5.82 Å². The van der Waals surface area contributed by atoms with Crippen molar-refractivity contribution >= 4 is 29.1 Å². The van der Waals surface area contributed by atoms with Gasteiger partial charge in [-0.25, -0.2) is 4.39 Å². The quantitative estimate of drug-likeness (QED) is 0.626. The third-order valence-corrected chi connectivity index (χ3v) is 3.44. The minimum atomic E-state index is -0.451. The van der Waals surface area contributed by atoms with E-state index in [4.69, 9.17) is 23.2 Å². The highest BCUT2D eigenvalue weighted by Crippen LogP contribution is 2.17. The summed E-state index contributed by atoms with van der Waals surface area (Å²) in [6.45, 7) is 2.62. The zero-order valence-electron chi connectivity index (χ0n) is 10.2. The van der Waals surface area contributed by atoms with Gasteiger partial charge in [-0.2, -0.15) is 0 Å². The average Bonchev–Trinajstić information content (AvgIpc) is 2.34. The summed E-state index contributed by atoms with van der Waals surface area (Å²) < 4.78 is 12.8. The topological polar surface area (TPSA) is 29.1 Å². The Balaban J connectivity index is 2.41. The molecule has 100 valence electrons. The van der Waals surface area contributed by atoms with Crippen LogP contribution >= 0.6 is 23.2 Å². The number of hydrogen-bond donors (Lipinski definition) is 1. The molecule has 0 radical (unpaired) electrons. The largest absolute Gasteiger partial charge is 0.352 e. The van der Waals surface area contributed by atoms with Gasteiger partial charge in [0.2, 0.25) is 0 Å². The van der Waals surface area contributed by atoms with E-state index in [1.54, 1.807) is 0 Å². The van der Waals surface area contributed by atoms with Gasteiger partial charge in [-0.05, 0) is 37.0 Å². The Bertz CT molecular complexity index is 412. The molecule has 1 aromatic rings. The first-order valence-corrected chi connectivity index (χ1v) is 6.75. The molecule has 0 aliphatic rings. The summed E-state index contributed by atoms with van der Waals surface area (Å²) >= 11 is 11.5. The smallest absolute Gasteiger partial charge is 0.252 e. The van der Waals surface area contributed by atoms with Crippen molar-refractivity contribution in [1.29, 1.82) is 0 Å². The number of amides is 1. The van der Waals surface area contributed by atoms with Gasteiger partial charge in [0.1, 0.15) is 5.82 Å². The summed E-state index contributed by atoms with van der Waals surface area (Å²) in [6, 6.07) is 3.73. The molecule has 0 fully saturated rings. The fourth-order valence-electron chi connectivity index (χ4n) is 1.50. The predicted molar refractivity (Wildman–Crippen MR) is 72.9 cm³/mol. The monoisotopic (exact) mass is 291 g/mol. The van der Waals surface area contributed by atoms with Gasteiger partial charge < -0.3 is 5.32 Å². The van der Waals surface area contributed by atoms with Gasteiger partial charge in [-0.3, -0.25) is 4.79 Å². The van der Waals surface area contributed by atoms with Crippen molar-refractivity contribution in [1.82, 2.24) is 5.32 Å². The van der Waals surface area contributed by atoms with Gasteiger partial charge in [0.25, 0.3) is 5.91 Å². The maximum Gasteiger partial charge on any atom is 0.252 e. The first-order chi connectivity index (χ1) is 8.54. The molecule has 0 spiro atoms. The van der Waals surface area contributed by atoms with Crippen LogP contribution in [0.5, 0.6) is 0 Å². The number of alkyl halides is 1. The summed E-state index contributed by atoms with van der Waals surface area (Å²) in [7, 11) is 0. The zero-order valence-corrected chi connectivity index (χ0v) is 11.7. The lowest BCUT2D eigenvalue weighted by molar-refractivity contribution is 0.0952. The molecule has 1 rings (SSSR count). The van der Waals surface area contributed by atoms with Crippen molar-refractivity contribution in [2.75, 3.05) is 12.4 Å². The molecule has 0 saturated carbocycles. The lowest BCUT2D eigenvalue weighted by Gasteiger charge is -2.09. The van der Waals surface area contributed by atoms with E-state index in [0.717, 1.165) is 18.9 Å². The highest BCUT2D eigenvalue weighted by Gasteiger charge is 2.10. The fraction of sp³-hybridized carbons (Fsp3) is 0.462. The van der Waals surface area contributed by atoms with Crippen LogP contribution in [0.4, 0.5) is 4.39 Å². The van der Waals surface area contributed by atoms with Crippen molar-refractivity contribution in [3.8, 4) is 0 Å². The summed E-state index contributed by atoms with van der Waals surface area (Å²) in [5, 5.41) is 2.88. The molecule has 0 saturated heterocycles. The lowest BCUT2D eigenvalue weighted by atomic mass is 10.1. The third kappa shape index (κ3) is 4.83. The molecular formula is C13H16Cl2FNO. The minimum absolute atomic E-state index is 0.127. The van der Waals surface area contributed by atoms with Crippen LogP contribution in [-0.4, -0.2) is 18.3 Å². The van der Waals surface area contributed by atoms with Crippen LogP contribution in [0.1, 0.15) is 30.1 Å². The molecule has 5 heteroatoms. The van der Waals surface area contributed by atoms with E-state index in [-0.39, 0.29) is 10.9 Å². The molecule has 1 aromatic carbocycles. The van der Waals surface area contributed by atoms with Crippen molar-refractivity contribution in [3.05, 3.63) is 34.6 Å². The fourth-order valence-corrected chi connectivity index (χ4v) is 1.91. The van der Waals surface area contributed by atoms with Crippen LogP contribution in [-0.2, 0) is 0 Å². The van der Waals surface area contributed by atoms with Gasteiger partial charge in [0, 0.05) is 12.4 Å². The number of benzene rings is 1. The lowest BCUT2D eigenvalue weighted by Crippen LogP contribution is -2.25. The van der Waals surface area contributed by atoms with Crippen molar-refractivity contribution in [2.45, 2.75) is 19.8 Å². The van der Waals surface area contributed by atoms with E-state index in [1.165, 1.54) is 12.1 Å². The molecule has 1 atom stereocenters. The van der Waals surface area contributed by atoms with Gasteiger partial charge in [-0.1, -0.05) is 18.5 Å². The number of rotatable bonds is 6. The van der Waals surface area contributed by atoms with Gasteiger partial charge in [0.05, 0.1) is 10.6 Å². The highest BCUT2D eigenvalue weighted by molar-refractivity contribution is 6.33. The number of carbonyl (C=O) groups is 1. The zero-order chi connectivity index (χ0) is 13.5. The molecule has 0 bridgehead atoms. The van der Waals surface area contributed by atoms with E-state index >= 15 is 0 Å². The van der Waals surface area contributed by atoms with Gasteiger partial charge >= 0.3 is 0 Å². The molecular weight excluding hydrogens is 276 g/mol. The number of carbonyl (C=O) groups excluding carboxylic acids is 1. The number of halogens is 3. The number of nitrogens with one attached hydrogen (secondary N) is 1. The number of hydrogen-bond acceptors (Lipinski definition) is 1. The standard InChI is InChI=1S/C13H16Cl2FNO/c1-9(8-14)3-2-6-17-13(18)11-5-4-10(16)7-12(11)15/h4-5,7,9H,2-3,6,8H2,1H3,(H,17,18). The first-order valence-electron chi connectivity index (χ1n) is 5.83. The van der Waals surface area contributed by atoms with Crippen LogP contribution in [0.2, 0.25) is 5.02 Å². The van der Waals surface area contributed by atoms with Crippen LogP contribution in [0.3, 0.4) is 0 Å². The van der Waals surface area contributed by atoms with Crippen LogP contribution in [0.25, 0.3) is 0 Å². The Labute approximate surface area is 116 Å². The first kappa shape index (κ1) is 15.3. The second kappa shape index (κ2) is 7.59. The van der Waals surface area contributed by atoms with Crippen LogP contribution in [0, 0.1) is 11.7 Å². The Morgan fingerprint density at radius 2 is 2.22 bits per heavy atom. The maximum absolute atomic E-state index is 12.8. The summed E-state index contributed by atoms with van der Waals surface area (Å²) in [4.78, 5) is 11.7. The Hall–Kier alpha value is -0.800.